The smallest absolute Gasteiger partial charge is 0.227 e. The van der Waals surface area contributed by atoms with E-state index in [1.807, 2.05) is 12.1 Å². The second-order valence-electron chi connectivity index (χ2n) is 14.2. The number of fused-ring (bicyclic) bond motifs is 9. The number of hydrogen-bond donors (Lipinski definition) is 0. The zero-order valence-corrected chi connectivity index (χ0v) is 25.6. The molecule has 0 amide bonds. The monoisotopic (exact) mass is 607 g/mol. The van der Waals surface area contributed by atoms with Gasteiger partial charge < -0.3 is 13.7 Å². The molecular weight excluding hydrogens is 578 g/mol. The molecule has 1 spiro atoms. The fourth-order valence-electron chi connectivity index (χ4n) is 10.9. The number of pyridine rings is 2. The summed E-state index contributed by atoms with van der Waals surface area (Å²) in [6.07, 6.45) is 7.78. The predicted octanol–water partition coefficient (Wildman–Crippen LogP) is 10.7. The maximum absolute atomic E-state index is 6.17. The molecule has 47 heavy (non-hydrogen) atoms. The Balaban J connectivity index is 1.16. The van der Waals surface area contributed by atoms with Crippen molar-refractivity contribution in [2.75, 3.05) is 4.90 Å². The van der Waals surface area contributed by atoms with Crippen LogP contribution in [0.4, 0.5) is 17.1 Å². The number of nitrogens with zero attached hydrogens (tertiary/aromatic N) is 3. The van der Waals surface area contributed by atoms with Crippen molar-refractivity contribution in [1.82, 2.24) is 9.97 Å². The molecule has 4 unspecified atom stereocenters. The van der Waals surface area contributed by atoms with Crippen LogP contribution in [0.3, 0.4) is 0 Å². The van der Waals surface area contributed by atoms with Gasteiger partial charge in [-0.2, -0.15) is 0 Å². The zero-order valence-electron chi connectivity index (χ0n) is 25.6. The summed E-state index contributed by atoms with van der Waals surface area (Å²) in [7, 11) is 0. The van der Waals surface area contributed by atoms with Gasteiger partial charge in [0, 0.05) is 56.3 Å². The standard InChI is InChI=1S/C42H29N3O2/c1-2-9-32-29(6-1)39-33(42(32)34-19-23-18-24(34)20-35(23)42)10-3-11-36(39)45(25-12-14-37-30(21-25)27-7-4-16-43-40(27)46-37)26-13-15-38-31(22-26)28-8-5-17-44-41(28)47-38/h1-17,21-24,34-35H,18-20H2. The highest BCUT2D eigenvalue weighted by molar-refractivity contribution is 6.08. The van der Waals surface area contributed by atoms with Gasteiger partial charge in [0.15, 0.2) is 0 Å². The van der Waals surface area contributed by atoms with E-state index in [1.54, 1.807) is 23.5 Å². The highest BCUT2D eigenvalue weighted by Crippen LogP contribution is 2.77. The molecule has 4 atom stereocenters. The first-order valence-corrected chi connectivity index (χ1v) is 16.9. The normalized spacial score (nSPS) is 24.9. The van der Waals surface area contributed by atoms with Gasteiger partial charge in [-0.3, -0.25) is 0 Å². The van der Waals surface area contributed by atoms with Crippen molar-refractivity contribution in [2.24, 2.45) is 23.7 Å². The minimum absolute atomic E-state index is 0.133. The summed E-state index contributed by atoms with van der Waals surface area (Å²) in [6, 6.07) is 37.7. The molecule has 5 heteroatoms. The highest BCUT2D eigenvalue weighted by atomic mass is 16.3. The molecule has 4 bridgehead atoms. The molecule has 0 saturated heterocycles. The molecule has 4 fully saturated rings. The number of furan rings is 2. The Labute approximate surface area is 270 Å². The molecule has 0 N–H and O–H groups in total. The van der Waals surface area contributed by atoms with E-state index in [9.17, 15) is 0 Å². The first-order chi connectivity index (χ1) is 23.3. The first kappa shape index (κ1) is 24.8. The summed E-state index contributed by atoms with van der Waals surface area (Å²) >= 11 is 0. The molecule has 5 aliphatic rings. The maximum Gasteiger partial charge on any atom is 0.227 e. The van der Waals surface area contributed by atoms with Crippen molar-refractivity contribution >= 4 is 61.2 Å². The lowest BCUT2D eigenvalue weighted by Crippen LogP contribution is -2.34. The lowest BCUT2D eigenvalue weighted by molar-refractivity contribution is 0.307. The average molecular weight is 608 g/mol. The fraction of sp³-hybridized carbons (Fsp3) is 0.190. The summed E-state index contributed by atoms with van der Waals surface area (Å²) in [5.41, 5.74) is 12.4. The van der Waals surface area contributed by atoms with E-state index in [0.29, 0.717) is 11.4 Å². The Morgan fingerprint density at radius 1 is 0.574 bits per heavy atom. The van der Waals surface area contributed by atoms with Crippen LogP contribution in [0.2, 0.25) is 0 Å². The number of hydrogen-bond acceptors (Lipinski definition) is 5. The fourth-order valence-corrected chi connectivity index (χ4v) is 10.9. The Bertz CT molecular complexity index is 2500. The van der Waals surface area contributed by atoms with E-state index in [4.69, 9.17) is 8.83 Å². The van der Waals surface area contributed by atoms with Crippen molar-refractivity contribution < 1.29 is 8.83 Å². The molecule has 13 rings (SSSR count). The van der Waals surface area contributed by atoms with Crippen LogP contribution in [0.1, 0.15) is 30.4 Å². The Morgan fingerprint density at radius 2 is 1.19 bits per heavy atom. The van der Waals surface area contributed by atoms with Gasteiger partial charge in [0.05, 0.1) is 5.69 Å². The van der Waals surface area contributed by atoms with Gasteiger partial charge in [0.2, 0.25) is 11.4 Å². The number of aromatic nitrogens is 2. The van der Waals surface area contributed by atoms with Crippen molar-refractivity contribution in [2.45, 2.75) is 24.7 Å². The average Bonchev–Trinajstić information content (AvgIpc) is 3.98. The van der Waals surface area contributed by atoms with Crippen LogP contribution in [0.15, 0.2) is 124 Å². The van der Waals surface area contributed by atoms with Crippen LogP contribution >= 0.6 is 0 Å². The SMILES string of the molecule is c1ccc2c(c1)-c1c(N(c3ccc4oc5ncccc5c4c3)c3ccc4oc5ncccc5c4c3)cccc1C21C2CC3CC2CC31. The van der Waals surface area contributed by atoms with E-state index in [-0.39, 0.29) is 5.41 Å². The molecule has 0 aliphatic heterocycles. The predicted molar refractivity (Wildman–Crippen MR) is 185 cm³/mol. The second kappa shape index (κ2) is 8.48. The maximum atomic E-state index is 6.17. The van der Waals surface area contributed by atoms with Crippen molar-refractivity contribution in [1.29, 1.82) is 0 Å². The molecule has 4 aromatic carbocycles. The number of benzene rings is 4. The van der Waals surface area contributed by atoms with E-state index < -0.39 is 0 Å². The van der Waals surface area contributed by atoms with E-state index >= 15 is 0 Å². The van der Waals surface area contributed by atoms with Crippen LogP contribution in [0.25, 0.3) is 55.3 Å². The third-order valence-electron chi connectivity index (χ3n) is 12.4. The summed E-state index contributed by atoms with van der Waals surface area (Å²) in [4.78, 5) is 11.5. The van der Waals surface area contributed by atoms with Gasteiger partial charge in [-0.1, -0.05) is 36.4 Å². The molecule has 4 aromatic heterocycles. The summed E-state index contributed by atoms with van der Waals surface area (Å²) in [5, 5.41) is 4.17. The molecule has 8 aromatic rings. The molecular formula is C42H29N3O2. The van der Waals surface area contributed by atoms with Crippen LogP contribution in [-0.2, 0) is 5.41 Å². The van der Waals surface area contributed by atoms with Gasteiger partial charge in [0.1, 0.15) is 11.2 Å². The summed E-state index contributed by atoms with van der Waals surface area (Å²) < 4.78 is 12.3. The summed E-state index contributed by atoms with van der Waals surface area (Å²) in [5.74, 6) is 3.20. The topological polar surface area (TPSA) is 55.3 Å². The van der Waals surface area contributed by atoms with Gasteiger partial charge in [-0.25, -0.2) is 9.97 Å². The van der Waals surface area contributed by atoms with Crippen LogP contribution in [-0.4, -0.2) is 9.97 Å². The zero-order chi connectivity index (χ0) is 30.4. The van der Waals surface area contributed by atoms with E-state index in [0.717, 1.165) is 67.8 Å². The minimum Gasteiger partial charge on any atom is -0.438 e. The lowest BCUT2D eigenvalue weighted by atomic mass is 9.66. The lowest BCUT2D eigenvalue weighted by Gasteiger charge is -2.37. The van der Waals surface area contributed by atoms with E-state index in [2.05, 4.69) is 106 Å². The quantitative estimate of drug-likeness (QED) is 0.200. The molecule has 224 valence electrons. The Kier molecular flexibility index (Phi) is 4.47. The minimum atomic E-state index is 0.133. The van der Waals surface area contributed by atoms with Gasteiger partial charge in [-0.05, 0) is 126 Å². The van der Waals surface area contributed by atoms with E-state index in [1.165, 1.54) is 36.1 Å². The third-order valence-corrected chi connectivity index (χ3v) is 12.4. The summed E-state index contributed by atoms with van der Waals surface area (Å²) in [6.45, 7) is 0. The van der Waals surface area contributed by atoms with Crippen LogP contribution in [0.5, 0.6) is 0 Å². The van der Waals surface area contributed by atoms with Crippen molar-refractivity contribution in [3.63, 3.8) is 0 Å². The number of anilines is 3. The Morgan fingerprint density at radius 3 is 1.83 bits per heavy atom. The molecule has 5 nitrogen and oxygen atoms in total. The first-order valence-electron chi connectivity index (χ1n) is 16.9. The molecule has 0 radical (unpaired) electrons. The highest BCUT2D eigenvalue weighted by Gasteiger charge is 2.71. The second-order valence-corrected chi connectivity index (χ2v) is 14.2. The van der Waals surface area contributed by atoms with Gasteiger partial charge in [-0.15, -0.1) is 0 Å². The van der Waals surface area contributed by atoms with Gasteiger partial charge in [0.25, 0.3) is 0 Å². The largest absolute Gasteiger partial charge is 0.438 e. The Hall–Kier alpha value is -5.42. The molecule has 4 heterocycles. The molecule has 4 saturated carbocycles. The molecule has 5 aliphatic carbocycles. The van der Waals surface area contributed by atoms with Crippen molar-refractivity contribution in [3.8, 4) is 11.1 Å². The number of rotatable bonds is 3. The van der Waals surface area contributed by atoms with Crippen LogP contribution < -0.4 is 4.90 Å². The van der Waals surface area contributed by atoms with Crippen molar-refractivity contribution in [3.05, 3.63) is 127 Å². The van der Waals surface area contributed by atoms with Gasteiger partial charge >= 0.3 is 0 Å². The van der Waals surface area contributed by atoms with Crippen LogP contribution in [0, 0.1) is 23.7 Å². The third kappa shape index (κ3) is 2.93.